The first kappa shape index (κ1) is 15.7. The maximum Gasteiger partial charge on any atom is 0.331 e. The number of carboxylic acids is 1. The Morgan fingerprint density at radius 1 is 1.11 bits per heavy atom. The highest BCUT2D eigenvalue weighted by Crippen LogP contribution is 2.27. The lowest BCUT2D eigenvalue weighted by Crippen LogP contribution is -2.38. The molecule has 0 saturated heterocycles. The van der Waals surface area contributed by atoms with Crippen molar-refractivity contribution in [3.8, 4) is 0 Å². The molecule has 1 fully saturated rings. The monoisotopic (exact) mass is 267 g/mol. The maximum atomic E-state index is 11.9. The summed E-state index contributed by atoms with van der Waals surface area (Å²) < 4.78 is 0. The van der Waals surface area contributed by atoms with Crippen molar-refractivity contribution in [3.63, 3.8) is 0 Å². The molecule has 0 aromatic rings. The Morgan fingerprint density at radius 2 is 1.68 bits per heavy atom. The van der Waals surface area contributed by atoms with E-state index < -0.39 is 5.97 Å². The number of carbonyl (C=O) groups is 2. The molecule has 0 unspecified atom stereocenters. The number of carboxylic acid groups (broad SMARTS) is 1. The number of amides is 1. The van der Waals surface area contributed by atoms with E-state index in [1.807, 2.05) is 0 Å². The van der Waals surface area contributed by atoms with Gasteiger partial charge in [-0.05, 0) is 45.4 Å². The largest absolute Gasteiger partial charge is 0.478 e. The van der Waals surface area contributed by atoms with E-state index in [9.17, 15) is 9.59 Å². The average Bonchev–Trinajstić information content (AvgIpc) is 2.39. The van der Waals surface area contributed by atoms with Crippen LogP contribution in [0.15, 0.2) is 11.1 Å². The van der Waals surface area contributed by atoms with Crippen LogP contribution in [0, 0.1) is 5.92 Å². The molecule has 2 N–H and O–H groups in total. The van der Waals surface area contributed by atoms with Crippen LogP contribution >= 0.6 is 0 Å². The Bertz CT molecular complexity index is 366. The van der Waals surface area contributed by atoms with E-state index in [1.165, 1.54) is 32.6 Å². The summed E-state index contributed by atoms with van der Waals surface area (Å²) in [5.74, 6) is -0.464. The first-order valence-corrected chi connectivity index (χ1v) is 7.17. The molecule has 0 heterocycles. The predicted octanol–water partition coefficient (Wildman–Crippen LogP) is 2.88. The number of aliphatic carboxylic acids is 1. The van der Waals surface area contributed by atoms with Crippen molar-refractivity contribution in [3.05, 3.63) is 11.1 Å². The van der Waals surface area contributed by atoms with Crippen LogP contribution in [0.1, 0.15) is 59.3 Å². The zero-order valence-corrected chi connectivity index (χ0v) is 12.2. The zero-order valence-electron chi connectivity index (χ0n) is 12.2. The van der Waals surface area contributed by atoms with Gasteiger partial charge in [0.25, 0.3) is 0 Å². The van der Waals surface area contributed by atoms with Crippen molar-refractivity contribution in [2.75, 3.05) is 0 Å². The molecule has 19 heavy (non-hydrogen) atoms. The lowest BCUT2D eigenvalue weighted by atomic mass is 9.83. The van der Waals surface area contributed by atoms with Crippen LogP contribution in [0.5, 0.6) is 0 Å². The third kappa shape index (κ3) is 4.69. The van der Waals surface area contributed by atoms with Crippen molar-refractivity contribution in [2.24, 2.45) is 5.92 Å². The molecule has 4 heteroatoms. The number of hydrogen-bond acceptors (Lipinski definition) is 2. The molecule has 108 valence electrons. The van der Waals surface area contributed by atoms with Gasteiger partial charge in [0.1, 0.15) is 0 Å². The summed E-state index contributed by atoms with van der Waals surface area (Å²) in [5, 5.41) is 11.8. The van der Waals surface area contributed by atoms with Gasteiger partial charge in [-0.15, -0.1) is 0 Å². The molecule has 0 bridgehead atoms. The van der Waals surface area contributed by atoms with E-state index in [2.05, 4.69) is 12.2 Å². The highest BCUT2D eigenvalue weighted by molar-refractivity contribution is 6.01. The van der Waals surface area contributed by atoms with Crippen molar-refractivity contribution < 1.29 is 14.7 Å². The summed E-state index contributed by atoms with van der Waals surface area (Å²) in [6, 6.07) is 0.206. The van der Waals surface area contributed by atoms with Gasteiger partial charge in [0.2, 0.25) is 5.91 Å². The minimum Gasteiger partial charge on any atom is -0.478 e. The fourth-order valence-electron chi connectivity index (χ4n) is 2.63. The highest BCUT2D eigenvalue weighted by Gasteiger charge is 2.23. The van der Waals surface area contributed by atoms with Gasteiger partial charge in [-0.3, -0.25) is 4.79 Å². The van der Waals surface area contributed by atoms with Crippen molar-refractivity contribution >= 4 is 11.9 Å². The highest BCUT2D eigenvalue weighted by atomic mass is 16.4. The van der Waals surface area contributed by atoms with Gasteiger partial charge >= 0.3 is 5.97 Å². The Labute approximate surface area is 115 Å². The van der Waals surface area contributed by atoms with E-state index in [-0.39, 0.29) is 17.5 Å². The number of rotatable bonds is 5. The predicted molar refractivity (Wildman–Crippen MR) is 74.8 cm³/mol. The third-order valence-electron chi connectivity index (χ3n) is 4.10. The standard InChI is InChI=1S/C15H25NO3/c1-4-5-12-6-8-13(9-7-12)16-14(17)10(2)11(3)15(18)19/h12-13H,4-9H2,1-3H3,(H,16,17)(H,18,19). The third-order valence-corrected chi connectivity index (χ3v) is 4.10. The summed E-state index contributed by atoms with van der Waals surface area (Å²) in [6.07, 6.45) is 6.85. The second-order valence-electron chi connectivity index (χ2n) is 5.53. The number of hydrogen-bond donors (Lipinski definition) is 2. The van der Waals surface area contributed by atoms with Crippen LogP contribution in [0.3, 0.4) is 0 Å². The van der Waals surface area contributed by atoms with Crippen molar-refractivity contribution in [1.29, 1.82) is 0 Å². The Balaban J connectivity index is 2.47. The zero-order chi connectivity index (χ0) is 14.4. The van der Waals surface area contributed by atoms with E-state index in [1.54, 1.807) is 6.92 Å². The van der Waals surface area contributed by atoms with Gasteiger partial charge in [0.15, 0.2) is 0 Å². The van der Waals surface area contributed by atoms with Gasteiger partial charge in [0.05, 0.1) is 0 Å². The van der Waals surface area contributed by atoms with Crippen LogP contribution in [-0.4, -0.2) is 23.0 Å². The molecule has 1 aliphatic carbocycles. The Hall–Kier alpha value is -1.32. The maximum absolute atomic E-state index is 11.9. The normalized spacial score (nSPS) is 24.6. The lowest BCUT2D eigenvalue weighted by Gasteiger charge is -2.29. The van der Waals surface area contributed by atoms with Crippen LogP contribution in [0.2, 0.25) is 0 Å². The van der Waals surface area contributed by atoms with E-state index in [0.29, 0.717) is 5.57 Å². The van der Waals surface area contributed by atoms with Crippen LogP contribution in [0.25, 0.3) is 0 Å². The second kappa shape index (κ2) is 7.31. The van der Waals surface area contributed by atoms with Gasteiger partial charge in [0, 0.05) is 17.2 Å². The second-order valence-corrected chi connectivity index (χ2v) is 5.53. The van der Waals surface area contributed by atoms with Gasteiger partial charge in [-0.2, -0.15) is 0 Å². The number of nitrogens with one attached hydrogen (secondary N) is 1. The molecular formula is C15H25NO3. The Morgan fingerprint density at radius 3 is 2.16 bits per heavy atom. The van der Waals surface area contributed by atoms with Gasteiger partial charge in [-0.25, -0.2) is 4.79 Å². The molecule has 1 amide bonds. The molecule has 0 aromatic heterocycles. The molecule has 4 nitrogen and oxygen atoms in total. The van der Waals surface area contributed by atoms with Crippen LogP contribution in [0.4, 0.5) is 0 Å². The topological polar surface area (TPSA) is 66.4 Å². The summed E-state index contributed by atoms with van der Waals surface area (Å²) in [5.41, 5.74) is 0.431. The fourth-order valence-corrected chi connectivity index (χ4v) is 2.63. The molecule has 1 aliphatic rings. The summed E-state index contributed by atoms with van der Waals surface area (Å²) in [4.78, 5) is 22.7. The molecule has 0 radical (unpaired) electrons. The van der Waals surface area contributed by atoms with Crippen molar-refractivity contribution in [2.45, 2.75) is 65.3 Å². The smallest absolute Gasteiger partial charge is 0.331 e. The van der Waals surface area contributed by atoms with E-state index in [0.717, 1.165) is 18.8 Å². The summed E-state index contributed by atoms with van der Waals surface area (Å²) in [6.45, 7) is 5.24. The molecular weight excluding hydrogens is 242 g/mol. The van der Waals surface area contributed by atoms with Crippen LogP contribution in [-0.2, 0) is 9.59 Å². The molecule has 0 atom stereocenters. The SMILES string of the molecule is CCCC1CCC(NC(=O)C(C)=C(C)C(=O)O)CC1. The minimum absolute atomic E-state index is 0.122. The molecule has 0 aliphatic heterocycles. The molecule has 1 saturated carbocycles. The fraction of sp³-hybridized carbons (Fsp3) is 0.733. The summed E-state index contributed by atoms with van der Waals surface area (Å²) in [7, 11) is 0. The van der Waals surface area contributed by atoms with E-state index >= 15 is 0 Å². The quantitative estimate of drug-likeness (QED) is 0.753. The molecule has 0 spiro atoms. The molecule has 0 aromatic carbocycles. The first-order valence-electron chi connectivity index (χ1n) is 7.17. The average molecular weight is 267 g/mol. The number of carbonyl (C=O) groups excluding carboxylic acids is 1. The first-order chi connectivity index (χ1) is 8.95. The van der Waals surface area contributed by atoms with Crippen LogP contribution < -0.4 is 5.32 Å². The van der Waals surface area contributed by atoms with E-state index in [4.69, 9.17) is 5.11 Å². The van der Waals surface area contributed by atoms with Crippen molar-refractivity contribution in [1.82, 2.24) is 5.32 Å². The Kier molecular flexibility index (Phi) is 6.06. The van der Waals surface area contributed by atoms with Gasteiger partial charge in [-0.1, -0.05) is 19.8 Å². The molecule has 1 rings (SSSR count). The van der Waals surface area contributed by atoms with Gasteiger partial charge < -0.3 is 10.4 Å². The minimum atomic E-state index is -1.03. The lowest BCUT2D eigenvalue weighted by molar-refractivity contribution is -0.133. The summed E-state index contributed by atoms with van der Waals surface area (Å²) >= 11 is 0.